The first-order valence-corrected chi connectivity index (χ1v) is 6.92. The Morgan fingerprint density at radius 1 is 1.47 bits per heavy atom. The van der Waals surface area contributed by atoms with Crippen molar-refractivity contribution in [2.75, 3.05) is 0 Å². The predicted octanol–water partition coefficient (Wildman–Crippen LogP) is 1.50. The van der Waals surface area contributed by atoms with Crippen molar-refractivity contribution in [1.82, 2.24) is 15.1 Å². The summed E-state index contributed by atoms with van der Waals surface area (Å²) in [5, 5.41) is 7.22. The maximum atomic E-state index is 11.9. The zero-order valence-corrected chi connectivity index (χ0v) is 12.4. The molecule has 0 aliphatic heterocycles. The highest BCUT2D eigenvalue weighted by atomic mass is 16.1. The Hall–Kier alpha value is -1.36. The smallest absolute Gasteiger partial charge is 0.223 e. The quantitative estimate of drug-likeness (QED) is 0.785. The van der Waals surface area contributed by atoms with Crippen LogP contribution in [0.25, 0.3) is 0 Å². The van der Waals surface area contributed by atoms with Crippen molar-refractivity contribution in [3.8, 4) is 0 Å². The average Bonchev–Trinajstić information content (AvgIpc) is 2.64. The average molecular weight is 266 g/mol. The minimum absolute atomic E-state index is 0.0377. The summed E-state index contributed by atoms with van der Waals surface area (Å²) in [6.45, 7) is 6.46. The van der Waals surface area contributed by atoms with Gasteiger partial charge in [0.25, 0.3) is 0 Å². The van der Waals surface area contributed by atoms with Gasteiger partial charge in [0.05, 0.1) is 5.69 Å². The number of nitrogens with one attached hydrogen (secondary N) is 1. The second-order valence-electron chi connectivity index (χ2n) is 5.44. The van der Waals surface area contributed by atoms with Crippen molar-refractivity contribution < 1.29 is 4.79 Å². The molecule has 0 radical (unpaired) electrons. The summed E-state index contributed by atoms with van der Waals surface area (Å²) < 4.78 is 1.77. The molecule has 5 heteroatoms. The highest BCUT2D eigenvalue weighted by Crippen LogP contribution is 2.10. The number of nitrogens with zero attached hydrogens (tertiary/aromatic N) is 2. The largest absolute Gasteiger partial charge is 0.352 e. The van der Waals surface area contributed by atoms with Gasteiger partial charge in [0.2, 0.25) is 5.91 Å². The van der Waals surface area contributed by atoms with Crippen molar-refractivity contribution in [2.45, 2.75) is 52.6 Å². The van der Waals surface area contributed by atoms with Crippen molar-refractivity contribution in [2.24, 2.45) is 18.7 Å². The maximum absolute atomic E-state index is 11.9. The maximum Gasteiger partial charge on any atom is 0.223 e. The zero-order chi connectivity index (χ0) is 14.4. The van der Waals surface area contributed by atoms with Gasteiger partial charge < -0.3 is 11.1 Å². The van der Waals surface area contributed by atoms with Crippen LogP contribution in [-0.4, -0.2) is 21.7 Å². The third-order valence-electron chi connectivity index (χ3n) is 3.31. The van der Waals surface area contributed by atoms with E-state index in [1.807, 2.05) is 34.0 Å². The van der Waals surface area contributed by atoms with Crippen LogP contribution in [0.15, 0.2) is 6.20 Å². The van der Waals surface area contributed by atoms with E-state index in [0.717, 1.165) is 30.5 Å². The van der Waals surface area contributed by atoms with Crippen LogP contribution < -0.4 is 11.1 Å². The summed E-state index contributed by atoms with van der Waals surface area (Å²) in [4.78, 5) is 11.9. The van der Waals surface area contributed by atoms with Gasteiger partial charge in [0.1, 0.15) is 0 Å². The highest BCUT2D eigenvalue weighted by molar-refractivity contribution is 5.78. The summed E-state index contributed by atoms with van der Waals surface area (Å²) >= 11 is 0. The lowest BCUT2D eigenvalue weighted by Crippen LogP contribution is -2.29. The molecular formula is C14H26N4O. The standard InChI is InChI=1S/C14H26N4O/c1-10(6-5-7-11(2)15)14(19)16-8-13-9-18(4)17-12(13)3/h9-11H,5-8,15H2,1-4H3,(H,16,19). The minimum atomic E-state index is 0.0377. The lowest BCUT2D eigenvalue weighted by Gasteiger charge is -2.12. The molecule has 0 bridgehead atoms. The van der Waals surface area contributed by atoms with Crippen LogP contribution in [-0.2, 0) is 18.4 Å². The molecule has 0 saturated heterocycles. The van der Waals surface area contributed by atoms with Crippen LogP contribution in [0, 0.1) is 12.8 Å². The number of hydrogen-bond acceptors (Lipinski definition) is 3. The summed E-state index contributed by atoms with van der Waals surface area (Å²) in [5.41, 5.74) is 7.73. The number of nitrogens with two attached hydrogens (primary N) is 1. The molecule has 2 atom stereocenters. The fourth-order valence-corrected chi connectivity index (χ4v) is 2.06. The molecule has 1 aromatic rings. The third-order valence-corrected chi connectivity index (χ3v) is 3.31. The van der Waals surface area contributed by atoms with Gasteiger partial charge in [-0.15, -0.1) is 0 Å². The molecule has 0 spiro atoms. The van der Waals surface area contributed by atoms with Gasteiger partial charge in [-0.3, -0.25) is 9.48 Å². The van der Waals surface area contributed by atoms with Crippen LogP contribution in [0.1, 0.15) is 44.4 Å². The molecule has 0 aromatic carbocycles. The number of carbonyl (C=O) groups excluding carboxylic acids is 1. The Kier molecular flexibility index (Phi) is 6.02. The molecule has 19 heavy (non-hydrogen) atoms. The number of amides is 1. The van der Waals surface area contributed by atoms with E-state index in [1.165, 1.54) is 0 Å². The van der Waals surface area contributed by atoms with E-state index in [2.05, 4.69) is 10.4 Å². The summed E-state index contributed by atoms with van der Waals surface area (Å²) in [5.74, 6) is 0.142. The summed E-state index contributed by atoms with van der Waals surface area (Å²) in [7, 11) is 1.88. The van der Waals surface area contributed by atoms with Gasteiger partial charge in [-0.2, -0.15) is 5.10 Å². The molecule has 0 aliphatic carbocycles. The van der Waals surface area contributed by atoms with Crippen molar-refractivity contribution >= 4 is 5.91 Å². The Bertz CT molecular complexity index is 412. The fourth-order valence-electron chi connectivity index (χ4n) is 2.06. The summed E-state index contributed by atoms with van der Waals surface area (Å²) in [6, 6.07) is 0.216. The van der Waals surface area contributed by atoms with E-state index in [9.17, 15) is 4.79 Å². The van der Waals surface area contributed by atoms with Crippen molar-refractivity contribution in [1.29, 1.82) is 0 Å². The van der Waals surface area contributed by atoms with E-state index >= 15 is 0 Å². The van der Waals surface area contributed by atoms with Crippen LogP contribution in [0.4, 0.5) is 0 Å². The topological polar surface area (TPSA) is 72.9 Å². The van der Waals surface area contributed by atoms with Crippen LogP contribution in [0.5, 0.6) is 0 Å². The lowest BCUT2D eigenvalue weighted by molar-refractivity contribution is -0.124. The molecule has 1 aromatic heterocycles. The van der Waals surface area contributed by atoms with Crippen LogP contribution >= 0.6 is 0 Å². The van der Waals surface area contributed by atoms with Gasteiger partial charge >= 0.3 is 0 Å². The second kappa shape index (κ2) is 7.28. The third kappa shape index (κ3) is 5.42. The molecule has 108 valence electrons. The first-order chi connectivity index (χ1) is 8.90. The zero-order valence-electron chi connectivity index (χ0n) is 12.4. The number of carbonyl (C=O) groups is 1. The second-order valence-corrected chi connectivity index (χ2v) is 5.44. The molecule has 0 saturated carbocycles. The number of rotatable bonds is 7. The Labute approximate surface area is 115 Å². The van der Waals surface area contributed by atoms with Gasteiger partial charge in [0.15, 0.2) is 0 Å². The lowest BCUT2D eigenvalue weighted by atomic mass is 10.0. The van der Waals surface area contributed by atoms with E-state index in [0.29, 0.717) is 6.54 Å². The Balaban J connectivity index is 2.32. The number of aryl methyl sites for hydroxylation is 2. The highest BCUT2D eigenvalue weighted by Gasteiger charge is 2.13. The summed E-state index contributed by atoms with van der Waals surface area (Å²) in [6.07, 6.45) is 4.80. The van der Waals surface area contributed by atoms with Crippen LogP contribution in [0.3, 0.4) is 0 Å². The molecule has 2 unspecified atom stereocenters. The Morgan fingerprint density at radius 2 is 2.16 bits per heavy atom. The molecule has 0 aliphatic rings. The number of hydrogen-bond donors (Lipinski definition) is 2. The normalized spacial score (nSPS) is 14.2. The van der Waals surface area contributed by atoms with Gasteiger partial charge in [-0.25, -0.2) is 0 Å². The van der Waals surface area contributed by atoms with E-state index in [-0.39, 0.29) is 17.9 Å². The van der Waals surface area contributed by atoms with Gasteiger partial charge in [-0.1, -0.05) is 13.3 Å². The van der Waals surface area contributed by atoms with E-state index < -0.39 is 0 Å². The molecule has 3 N–H and O–H groups in total. The van der Waals surface area contributed by atoms with Gasteiger partial charge in [-0.05, 0) is 26.7 Å². The fraction of sp³-hybridized carbons (Fsp3) is 0.714. The molecule has 1 rings (SSSR count). The minimum Gasteiger partial charge on any atom is -0.352 e. The monoisotopic (exact) mass is 266 g/mol. The van der Waals surface area contributed by atoms with Crippen molar-refractivity contribution in [3.05, 3.63) is 17.5 Å². The number of aromatic nitrogens is 2. The molecule has 1 amide bonds. The first-order valence-electron chi connectivity index (χ1n) is 6.92. The molecule has 5 nitrogen and oxygen atoms in total. The Morgan fingerprint density at radius 3 is 2.68 bits per heavy atom. The SMILES string of the molecule is Cc1nn(C)cc1CNC(=O)C(C)CCCC(C)N. The molecular weight excluding hydrogens is 240 g/mol. The van der Waals surface area contributed by atoms with E-state index in [4.69, 9.17) is 5.73 Å². The predicted molar refractivity (Wildman–Crippen MR) is 76.5 cm³/mol. The van der Waals surface area contributed by atoms with E-state index in [1.54, 1.807) is 4.68 Å². The molecule has 1 heterocycles. The van der Waals surface area contributed by atoms with Crippen molar-refractivity contribution in [3.63, 3.8) is 0 Å². The van der Waals surface area contributed by atoms with Crippen LogP contribution in [0.2, 0.25) is 0 Å². The molecule has 0 fully saturated rings. The van der Waals surface area contributed by atoms with Gasteiger partial charge in [0, 0.05) is 37.3 Å². The first kappa shape index (κ1) is 15.7.